The predicted octanol–water partition coefficient (Wildman–Crippen LogP) is 3.88. The Labute approximate surface area is 174 Å². The first-order valence-corrected chi connectivity index (χ1v) is 12.3. The van der Waals surface area contributed by atoms with Gasteiger partial charge in [-0.2, -0.15) is 4.99 Å². The summed E-state index contributed by atoms with van der Waals surface area (Å²) in [6, 6.07) is 16.7. The highest BCUT2D eigenvalue weighted by Crippen LogP contribution is 2.41. The highest BCUT2D eigenvalue weighted by atomic mass is 32.2. The van der Waals surface area contributed by atoms with Crippen LogP contribution in [0.5, 0.6) is 11.5 Å². The molecule has 0 spiro atoms. The number of carbonyl (C=O) groups excluding carboxylic acids is 1. The minimum atomic E-state index is -3.08. The number of carbonyl (C=O) groups is 1. The first-order chi connectivity index (χ1) is 13.9. The van der Waals surface area contributed by atoms with Gasteiger partial charge in [-0.1, -0.05) is 36.9 Å². The normalized spacial score (nSPS) is 23.9. The number of nitrogens with zero attached hydrogens (tertiary/aromatic N) is 2. The van der Waals surface area contributed by atoms with E-state index in [-0.39, 0.29) is 28.7 Å². The van der Waals surface area contributed by atoms with Crippen molar-refractivity contribution in [2.75, 3.05) is 16.4 Å². The minimum absolute atomic E-state index is 0.0773. The van der Waals surface area contributed by atoms with Crippen LogP contribution in [-0.4, -0.2) is 42.3 Å². The van der Waals surface area contributed by atoms with Crippen molar-refractivity contribution in [1.29, 1.82) is 0 Å². The molecular formula is C21H22N2O4S2. The number of amides is 1. The Morgan fingerprint density at radius 1 is 1.10 bits per heavy atom. The molecule has 2 heterocycles. The number of thioether (sulfide) groups is 1. The third-order valence-electron chi connectivity index (χ3n) is 4.84. The monoisotopic (exact) mass is 430 g/mol. The molecule has 2 fully saturated rings. The van der Waals surface area contributed by atoms with Gasteiger partial charge in [0, 0.05) is 17.4 Å². The summed E-state index contributed by atoms with van der Waals surface area (Å²) >= 11 is 1.39. The molecule has 4 rings (SSSR count). The van der Waals surface area contributed by atoms with Crippen molar-refractivity contribution in [3.05, 3.63) is 54.6 Å². The molecule has 8 heteroatoms. The van der Waals surface area contributed by atoms with Gasteiger partial charge in [0.15, 0.2) is 15.0 Å². The van der Waals surface area contributed by atoms with Crippen LogP contribution in [0.2, 0.25) is 0 Å². The lowest BCUT2D eigenvalue weighted by Crippen LogP contribution is -2.37. The first kappa shape index (κ1) is 20.0. The van der Waals surface area contributed by atoms with Crippen LogP contribution in [0.1, 0.15) is 19.8 Å². The second-order valence-corrected chi connectivity index (χ2v) is 10.5. The number of benzene rings is 2. The number of fused-ring (bicyclic) bond motifs is 1. The van der Waals surface area contributed by atoms with Gasteiger partial charge in [-0.25, -0.2) is 8.42 Å². The van der Waals surface area contributed by atoms with Gasteiger partial charge < -0.3 is 9.64 Å². The molecule has 0 saturated carbocycles. The number of ether oxygens (including phenoxy) is 1. The molecule has 0 N–H and O–H groups in total. The van der Waals surface area contributed by atoms with Crippen molar-refractivity contribution in [2.24, 2.45) is 4.99 Å². The molecule has 2 aliphatic rings. The summed E-state index contributed by atoms with van der Waals surface area (Å²) in [6.45, 7) is 1.93. The third-order valence-corrected chi connectivity index (χ3v) is 8.05. The maximum Gasteiger partial charge on any atom is 0.248 e. The van der Waals surface area contributed by atoms with Crippen molar-refractivity contribution < 1.29 is 17.9 Å². The van der Waals surface area contributed by atoms with E-state index in [0.29, 0.717) is 17.3 Å². The van der Waals surface area contributed by atoms with Crippen LogP contribution in [0.15, 0.2) is 59.6 Å². The summed E-state index contributed by atoms with van der Waals surface area (Å²) in [7, 11) is -3.08. The van der Waals surface area contributed by atoms with E-state index >= 15 is 0 Å². The van der Waals surface area contributed by atoms with Gasteiger partial charge in [0.25, 0.3) is 0 Å². The van der Waals surface area contributed by atoms with E-state index in [1.165, 1.54) is 11.8 Å². The average molecular weight is 431 g/mol. The first-order valence-electron chi connectivity index (χ1n) is 9.56. The van der Waals surface area contributed by atoms with E-state index in [9.17, 15) is 13.2 Å². The largest absolute Gasteiger partial charge is 0.457 e. The summed E-state index contributed by atoms with van der Waals surface area (Å²) in [5.74, 6) is 1.45. The minimum Gasteiger partial charge on any atom is -0.457 e. The number of sulfone groups is 1. The van der Waals surface area contributed by atoms with Crippen molar-refractivity contribution >= 4 is 38.4 Å². The van der Waals surface area contributed by atoms with E-state index in [1.54, 1.807) is 0 Å². The van der Waals surface area contributed by atoms with Crippen molar-refractivity contribution in [2.45, 2.75) is 31.1 Å². The Morgan fingerprint density at radius 2 is 1.79 bits per heavy atom. The number of anilines is 1. The average Bonchev–Trinajstić information content (AvgIpc) is 3.14. The summed E-state index contributed by atoms with van der Waals surface area (Å²) in [6.07, 6.45) is 1.11. The van der Waals surface area contributed by atoms with Crippen LogP contribution in [0.4, 0.5) is 5.69 Å². The van der Waals surface area contributed by atoms with Crippen LogP contribution in [0.3, 0.4) is 0 Å². The molecule has 0 aliphatic carbocycles. The smallest absolute Gasteiger partial charge is 0.248 e. The van der Waals surface area contributed by atoms with E-state index in [1.807, 2.05) is 66.4 Å². The third kappa shape index (κ3) is 4.48. The molecule has 0 aromatic heterocycles. The Hall–Kier alpha value is -2.32. The molecular weight excluding hydrogens is 408 g/mol. The zero-order chi connectivity index (χ0) is 20.4. The number of aliphatic imine (C=N–C) groups is 1. The second-order valence-electron chi connectivity index (χ2n) is 7.12. The van der Waals surface area contributed by atoms with Crippen molar-refractivity contribution in [3.63, 3.8) is 0 Å². The van der Waals surface area contributed by atoms with Crippen LogP contribution >= 0.6 is 11.8 Å². The standard InChI is InChI=1S/C21H22N2O4S2/c1-2-6-20(24)22-21-23(18-13-29(25,26)14-19(18)28-21)15-9-11-17(12-10-15)27-16-7-4-3-5-8-16/h3-5,7-12,18-19H,2,6,13-14H2,1H3. The van der Waals surface area contributed by atoms with Crippen molar-refractivity contribution in [3.8, 4) is 11.5 Å². The predicted molar refractivity (Wildman–Crippen MR) is 117 cm³/mol. The molecule has 2 aliphatic heterocycles. The van der Waals surface area contributed by atoms with Crippen molar-refractivity contribution in [1.82, 2.24) is 0 Å². The van der Waals surface area contributed by atoms with Crippen LogP contribution < -0.4 is 9.64 Å². The molecule has 2 atom stereocenters. The van der Waals surface area contributed by atoms with E-state index in [2.05, 4.69) is 4.99 Å². The number of amidine groups is 1. The lowest BCUT2D eigenvalue weighted by molar-refractivity contribution is -0.117. The SMILES string of the molecule is CCCC(=O)N=C1SC2CS(=O)(=O)CC2N1c1ccc(Oc2ccccc2)cc1. The summed E-state index contributed by atoms with van der Waals surface area (Å²) in [5.41, 5.74) is 0.811. The Kier molecular flexibility index (Phi) is 5.65. The van der Waals surface area contributed by atoms with Gasteiger partial charge >= 0.3 is 0 Å². The summed E-state index contributed by atoms with van der Waals surface area (Å²) < 4.78 is 30.1. The Bertz CT molecular complexity index is 1020. The molecule has 2 saturated heterocycles. The number of hydrogen-bond acceptors (Lipinski definition) is 5. The topological polar surface area (TPSA) is 76.0 Å². The maximum absolute atomic E-state index is 12.1. The molecule has 2 aromatic carbocycles. The maximum atomic E-state index is 12.1. The fourth-order valence-corrected chi connectivity index (χ4v) is 7.47. The van der Waals surface area contributed by atoms with Gasteiger partial charge in [-0.15, -0.1) is 0 Å². The Balaban J connectivity index is 1.61. The quantitative estimate of drug-likeness (QED) is 0.717. The second kappa shape index (κ2) is 8.20. The Morgan fingerprint density at radius 3 is 2.48 bits per heavy atom. The van der Waals surface area contributed by atoms with Gasteiger partial charge in [-0.3, -0.25) is 4.79 Å². The lowest BCUT2D eigenvalue weighted by atomic mass is 10.2. The molecule has 152 valence electrons. The fraction of sp³-hybridized carbons (Fsp3) is 0.333. The number of hydrogen-bond donors (Lipinski definition) is 0. The molecule has 0 radical (unpaired) electrons. The number of para-hydroxylation sites is 1. The zero-order valence-corrected chi connectivity index (χ0v) is 17.7. The summed E-state index contributed by atoms with van der Waals surface area (Å²) in [5, 5.41) is 0.485. The van der Waals surface area contributed by atoms with Crippen LogP contribution in [0.25, 0.3) is 0 Å². The van der Waals surface area contributed by atoms with E-state index in [4.69, 9.17) is 4.74 Å². The van der Waals surface area contributed by atoms with Gasteiger partial charge in [0.05, 0.1) is 17.5 Å². The highest BCUT2D eigenvalue weighted by Gasteiger charge is 2.49. The van der Waals surface area contributed by atoms with E-state index < -0.39 is 9.84 Å². The van der Waals surface area contributed by atoms with Crippen LogP contribution in [0, 0.1) is 0 Å². The van der Waals surface area contributed by atoms with Crippen LogP contribution in [-0.2, 0) is 14.6 Å². The fourth-order valence-electron chi connectivity index (χ4n) is 3.54. The summed E-state index contributed by atoms with van der Waals surface area (Å²) in [4.78, 5) is 18.3. The lowest BCUT2D eigenvalue weighted by Gasteiger charge is -2.24. The molecule has 1 amide bonds. The molecule has 29 heavy (non-hydrogen) atoms. The molecule has 6 nitrogen and oxygen atoms in total. The highest BCUT2D eigenvalue weighted by molar-refractivity contribution is 8.16. The molecule has 2 unspecified atom stereocenters. The van der Waals surface area contributed by atoms with Gasteiger partial charge in [-0.05, 0) is 42.8 Å². The van der Waals surface area contributed by atoms with Gasteiger partial charge in [0.1, 0.15) is 11.5 Å². The number of rotatable bonds is 5. The molecule has 2 aromatic rings. The van der Waals surface area contributed by atoms with E-state index in [0.717, 1.165) is 17.9 Å². The molecule has 0 bridgehead atoms. The van der Waals surface area contributed by atoms with Gasteiger partial charge in [0.2, 0.25) is 5.91 Å². The zero-order valence-electron chi connectivity index (χ0n) is 16.0.